The lowest BCUT2D eigenvalue weighted by Gasteiger charge is -2.22. The van der Waals surface area contributed by atoms with Gasteiger partial charge in [-0.15, -0.1) is 0 Å². The molecule has 98 valence electrons. The molecular weight excluding hydrogens is 241 g/mol. The third-order valence-corrected chi connectivity index (χ3v) is 4.30. The van der Waals surface area contributed by atoms with Gasteiger partial charge in [0.25, 0.3) is 5.95 Å². The van der Waals surface area contributed by atoms with Crippen LogP contribution in [0.5, 0.6) is 0 Å². The Hall–Kier alpha value is -1.26. The number of rotatable bonds is 3. The number of fused-ring (bicyclic) bond motifs is 2. The lowest BCUT2D eigenvalue weighted by atomic mass is 9.89. The number of anilines is 1. The van der Waals surface area contributed by atoms with Crippen molar-refractivity contribution in [1.29, 1.82) is 0 Å². The third kappa shape index (κ3) is 2.06. The van der Waals surface area contributed by atoms with Crippen molar-refractivity contribution in [2.45, 2.75) is 25.7 Å². The van der Waals surface area contributed by atoms with Crippen molar-refractivity contribution in [3.63, 3.8) is 0 Å². The molecule has 1 heterocycles. The minimum absolute atomic E-state index is 0.184. The van der Waals surface area contributed by atoms with Crippen LogP contribution in [0.4, 0.5) is 19.0 Å². The van der Waals surface area contributed by atoms with Crippen LogP contribution in [0.2, 0.25) is 0 Å². The Morgan fingerprint density at radius 3 is 2.67 bits per heavy atom. The molecule has 2 aliphatic carbocycles. The number of pyridine rings is 1. The molecule has 0 saturated heterocycles. The van der Waals surface area contributed by atoms with Gasteiger partial charge >= 0.3 is 0 Å². The lowest BCUT2D eigenvalue weighted by Crippen LogP contribution is -2.21. The molecule has 0 amide bonds. The normalized spacial score (nSPS) is 29.8. The van der Waals surface area contributed by atoms with E-state index in [4.69, 9.17) is 0 Å². The summed E-state index contributed by atoms with van der Waals surface area (Å²) in [7, 11) is 0. The number of halogens is 3. The molecule has 0 aliphatic heterocycles. The Kier molecular flexibility index (Phi) is 2.92. The van der Waals surface area contributed by atoms with E-state index in [0.717, 1.165) is 12.3 Å². The molecule has 18 heavy (non-hydrogen) atoms. The molecule has 3 atom stereocenters. The zero-order valence-electron chi connectivity index (χ0n) is 9.93. The fourth-order valence-corrected chi connectivity index (χ4v) is 3.42. The SMILES string of the molecule is Fc1cc(F)c(NCC2CC3CCC2C3)nc1F. The fraction of sp³-hybridized carbons (Fsp3) is 0.615. The van der Waals surface area contributed by atoms with Crippen molar-refractivity contribution in [3.8, 4) is 0 Å². The summed E-state index contributed by atoms with van der Waals surface area (Å²) in [5.74, 6) is -1.50. The minimum Gasteiger partial charge on any atom is -0.367 e. The number of aromatic nitrogens is 1. The molecule has 2 fully saturated rings. The van der Waals surface area contributed by atoms with Gasteiger partial charge < -0.3 is 5.32 Å². The molecule has 2 nitrogen and oxygen atoms in total. The fourth-order valence-electron chi connectivity index (χ4n) is 3.42. The Morgan fingerprint density at radius 1 is 1.17 bits per heavy atom. The molecule has 0 aromatic carbocycles. The van der Waals surface area contributed by atoms with Gasteiger partial charge in [-0.2, -0.15) is 9.37 Å². The van der Waals surface area contributed by atoms with Crippen molar-refractivity contribution in [2.75, 3.05) is 11.9 Å². The first-order chi connectivity index (χ1) is 8.63. The maximum atomic E-state index is 13.4. The number of nitrogens with one attached hydrogen (secondary N) is 1. The van der Waals surface area contributed by atoms with E-state index >= 15 is 0 Å². The molecule has 1 N–H and O–H groups in total. The highest BCUT2D eigenvalue weighted by Gasteiger charge is 2.39. The van der Waals surface area contributed by atoms with Crippen molar-refractivity contribution in [3.05, 3.63) is 23.6 Å². The van der Waals surface area contributed by atoms with Crippen LogP contribution in [-0.4, -0.2) is 11.5 Å². The van der Waals surface area contributed by atoms with Crippen LogP contribution in [0.25, 0.3) is 0 Å². The van der Waals surface area contributed by atoms with E-state index in [1.807, 2.05) is 0 Å². The van der Waals surface area contributed by atoms with Crippen molar-refractivity contribution in [2.24, 2.45) is 17.8 Å². The number of hydrogen-bond donors (Lipinski definition) is 1. The van der Waals surface area contributed by atoms with Gasteiger partial charge in [-0.25, -0.2) is 8.78 Å². The van der Waals surface area contributed by atoms with Gasteiger partial charge in [0.05, 0.1) is 0 Å². The largest absolute Gasteiger partial charge is 0.367 e. The maximum Gasteiger partial charge on any atom is 0.251 e. The zero-order chi connectivity index (χ0) is 12.7. The molecule has 2 aliphatic rings. The smallest absolute Gasteiger partial charge is 0.251 e. The van der Waals surface area contributed by atoms with Gasteiger partial charge in [-0.3, -0.25) is 0 Å². The van der Waals surface area contributed by atoms with Crippen LogP contribution in [0.3, 0.4) is 0 Å². The van der Waals surface area contributed by atoms with E-state index in [2.05, 4.69) is 10.3 Å². The molecule has 5 heteroatoms. The molecule has 3 unspecified atom stereocenters. The quantitative estimate of drug-likeness (QED) is 0.839. The van der Waals surface area contributed by atoms with Crippen LogP contribution in [0.1, 0.15) is 25.7 Å². The van der Waals surface area contributed by atoms with Gasteiger partial charge in [0, 0.05) is 12.6 Å². The van der Waals surface area contributed by atoms with Crippen LogP contribution in [0, 0.1) is 35.3 Å². The molecule has 2 saturated carbocycles. The van der Waals surface area contributed by atoms with Crippen LogP contribution >= 0.6 is 0 Å². The number of nitrogens with zero attached hydrogens (tertiary/aromatic N) is 1. The first-order valence-corrected chi connectivity index (χ1v) is 6.39. The van der Waals surface area contributed by atoms with E-state index in [1.165, 1.54) is 19.3 Å². The first-order valence-electron chi connectivity index (χ1n) is 6.39. The molecular formula is C13H15F3N2. The van der Waals surface area contributed by atoms with E-state index < -0.39 is 17.6 Å². The van der Waals surface area contributed by atoms with Crippen LogP contribution in [-0.2, 0) is 0 Å². The van der Waals surface area contributed by atoms with E-state index in [-0.39, 0.29) is 5.82 Å². The van der Waals surface area contributed by atoms with Gasteiger partial charge in [-0.1, -0.05) is 6.42 Å². The Bertz CT molecular complexity index is 464. The van der Waals surface area contributed by atoms with Gasteiger partial charge in [0.15, 0.2) is 17.5 Å². The van der Waals surface area contributed by atoms with E-state index in [9.17, 15) is 13.2 Å². The molecule has 0 radical (unpaired) electrons. The van der Waals surface area contributed by atoms with Crippen LogP contribution in [0.15, 0.2) is 6.07 Å². The number of hydrogen-bond acceptors (Lipinski definition) is 2. The average molecular weight is 256 g/mol. The molecule has 3 rings (SSSR count). The Morgan fingerprint density at radius 2 is 2.00 bits per heavy atom. The van der Waals surface area contributed by atoms with Gasteiger partial charge in [0.2, 0.25) is 0 Å². The molecule has 0 spiro atoms. The molecule has 2 bridgehead atoms. The lowest BCUT2D eigenvalue weighted by molar-refractivity contribution is 0.347. The topological polar surface area (TPSA) is 24.9 Å². The second kappa shape index (κ2) is 4.44. The summed E-state index contributed by atoms with van der Waals surface area (Å²) >= 11 is 0. The zero-order valence-corrected chi connectivity index (χ0v) is 9.93. The summed E-state index contributed by atoms with van der Waals surface area (Å²) in [5, 5.41) is 2.82. The van der Waals surface area contributed by atoms with Gasteiger partial charge in [0.1, 0.15) is 0 Å². The maximum absolute atomic E-state index is 13.4. The highest BCUT2D eigenvalue weighted by Crippen LogP contribution is 2.48. The molecule has 1 aromatic rings. The van der Waals surface area contributed by atoms with Crippen molar-refractivity contribution >= 4 is 5.82 Å². The average Bonchev–Trinajstić information content (AvgIpc) is 2.94. The second-order valence-electron chi connectivity index (χ2n) is 5.41. The third-order valence-electron chi connectivity index (χ3n) is 4.30. The van der Waals surface area contributed by atoms with E-state index in [1.54, 1.807) is 0 Å². The Balaban J connectivity index is 1.65. The summed E-state index contributed by atoms with van der Waals surface area (Å²) in [6, 6.07) is 0.533. The van der Waals surface area contributed by atoms with Crippen molar-refractivity contribution in [1.82, 2.24) is 4.98 Å². The van der Waals surface area contributed by atoms with Crippen LogP contribution < -0.4 is 5.32 Å². The summed E-state index contributed by atoms with van der Waals surface area (Å²) < 4.78 is 39.0. The standard InChI is InChI=1S/C13H15F3N2/c14-10-5-11(15)13(18-12(10)16)17-6-9-4-7-1-2-8(9)3-7/h5,7-9H,1-4,6H2,(H,17,18). The predicted molar refractivity (Wildman–Crippen MR) is 61.5 cm³/mol. The highest BCUT2D eigenvalue weighted by molar-refractivity contribution is 5.36. The van der Waals surface area contributed by atoms with Crippen molar-refractivity contribution < 1.29 is 13.2 Å². The van der Waals surface area contributed by atoms with E-state index in [0.29, 0.717) is 24.4 Å². The summed E-state index contributed by atoms with van der Waals surface area (Å²) in [6.45, 7) is 0.593. The summed E-state index contributed by atoms with van der Waals surface area (Å²) in [5.41, 5.74) is 0. The predicted octanol–water partition coefficient (Wildman–Crippen LogP) is 3.35. The van der Waals surface area contributed by atoms with Gasteiger partial charge in [-0.05, 0) is 37.0 Å². The Labute approximate surface area is 104 Å². The molecule has 1 aromatic heterocycles. The summed E-state index contributed by atoms with van der Waals surface area (Å²) in [4.78, 5) is 3.27. The highest BCUT2D eigenvalue weighted by atomic mass is 19.2. The monoisotopic (exact) mass is 256 g/mol. The minimum atomic E-state index is -1.26. The summed E-state index contributed by atoms with van der Waals surface area (Å²) in [6.07, 6.45) is 4.96. The first kappa shape index (κ1) is 11.8. The second-order valence-corrected chi connectivity index (χ2v) is 5.41.